The summed E-state index contributed by atoms with van der Waals surface area (Å²) in [5, 5.41) is 10.3. The van der Waals surface area contributed by atoms with Gasteiger partial charge in [-0.3, -0.25) is 9.59 Å². The minimum Gasteiger partial charge on any atom is -0.337 e. The molecule has 1 amide bonds. The van der Waals surface area contributed by atoms with Gasteiger partial charge < -0.3 is 4.90 Å². The summed E-state index contributed by atoms with van der Waals surface area (Å²) in [6.45, 7) is 1.35. The molecule has 0 atom stereocenters. The van der Waals surface area contributed by atoms with E-state index >= 15 is 0 Å². The van der Waals surface area contributed by atoms with E-state index in [9.17, 15) is 9.59 Å². The highest BCUT2D eigenvalue weighted by Crippen LogP contribution is 2.11. The van der Waals surface area contributed by atoms with E-state index in [0.29, 0.717) is 13.1 Å². The summed E-state index contributed by atoms with van der Waals surface area (Å²) in [5.74, 6) is -0.330. The first-order chi connectivity index (χ1) is 11.1. The molecule has 1 saturated heterocycles. The number of hydrogen-bond donors (Lipinski definition) is 1. The first-order valence-electron chi connectivity index (χ1n) is 7.42. The number of hydrogen-bond acceptors (Lipinski definition) is 4. The molecule has 1 aromatic heterocycles. The Morgan fingerprint density at radius 1 is 1.22 bits per heavy atom. The minimum atomic E-state index is -0.533. The Hall–Kier alpha value is -2.22. The number of carbonyl (C=O) groups excluding carboxylic acids is 1. The van der Waals surface area contributed by atoms with Crippen molar-refractivity contribution in [3.8, 4) is 0 Å². The van der Waals surface area contributed by atoms with Crippen molar-refractivity contribution in [1.29, 1.82) is 0 Å². The summed E-state index contributed by atoms with van der Waals surface area (Å²) in [6, 6.07) is 7.47. The van der Waals surface area contributed by atoms with Gasteiger partial charge in [0.15, 0.2) is 0 Å². The standard InChI is InChI=1S/C15H16BrN5O2/c16-12-6-4-11(5-7-12)10-17-21-15(23)13(18-19-21)14(22)20-8-2-1-3-9-20/h4-7,10,19H,1-3,8-9H2. The number of rotatable bonds is 3. The van der Waals surface area contributed by atoms with Gasteiger partial charge in [-0.25, -0.2) is 0 Å². The van der Waals surface area contributed by atoms with Crippen molar-refractivity contribution < 1.29 is 4.79 Å². The molecule has 120 valence electrons. The van der Waals surface area contributed by atoms with Crippen LogP contribution >= 0.6 is 15.9 Å². The Labute approximate surface area is 141 Å². The second-order valence-electron chi connectivity index (χ2n) is 5.33. The monoisotopic (exact) mass is 377 g/mol. The minimum absolute atomic E-state index is 0.111. The Morgan fingerprint density at radius 3 is 2.61 bits per heavy atom. The number of piperidine rings is 1. The first-order valence-corrected chi connectivity index (χ1v) is 8.21. The summed E-state index contributed by atoms with van der Waals surface area (Å²) in [7, 11) is 0. The second-order valence-corrected chi connectivity index (χ2v) is 6.24. The topological polar surface area (TPSA) is 83.3 Å². The predicted molar refractivity (Wildman–Crippen MR) is 89.7 cm³/mol. The summed E-state index contributed by atoms with van der Waals surface area (Å²) in [6.07, 6.45) is 4.57. The Balaban J connectivity index is 1.77. The normalized spacial score (nSPS) is 15.3. The van der Waals surface area contributed by atoms with E-state index in [4.69, 9.17) is 0 Å². The third kappa shape index (κ3) is 3.58. The molecule has 1 aromatic carbocycles. The van der Waals surface area contributed by atoms with E-state index in [1.54, 1.807) is 4.90 Å². The first kappa shape index (κ1) is 15.7. The summed E-state index contributed by atoms with van der Waals surface area (Å²) in [4.78, 5) is 27.2. The van der Waals surface area contributed by atoms with Gasteiger partial charge in [0.2, 0.25) is 5.69 Å². The SMILES string of the molecule is O=C(c1n[nH]n(N=Cc2ccc(Br)cc2)c1=O)N1CCCCC1. The summed E-state index contributed by atoms with van der Waals surface area (Å²) >= 11 is 3.35. The summed E-state index contributed by atoms with van der Waals surface area (Å²) in [5.41, 5.74) is 0.187. The lowest BCUT2D eigenvalue weighted by atomic mass is 10.1. The van der Waals surface area contributed by atoms with Gasteiger partial charge in [0, 0.05) is 17.6 Å². The van der Waals surface area contributed by atoms with Gasteiger partial charge in [-0.05, 0) is 37.0 Å². The molecule has 0 spiro atoms. The van der Waals surface area contributed by atoms with E-state index in [-0.39, 0.29) is 11.6 Å². The van der Waals surface area contributed by atoms with Crippen molar-refractivity contribution in [3.05, 3.63) is 50.3 Å². The molecular formula is C15H16BrN5O2. The molecule has 0 bridgehead atoms. The molecule has 1 aliphatic rings. The lowest BCUT2D eigenvalue weighted by Crippen LogP contribution is -2.38. The fourth-order valence-electron chi connectivity index (χ4n) is 2.43. The predicted octanol–water partition coefficient (Wildman–Crippen LogP) is 1.84. The van der Waals surface area contributed by atoms with Gasteiger partial charge in [0.05, 0.1) is 6.21 Å². The van der Waals surface area contributed by atoms with E-state index in [2.05, 4.69) is 31.3 Å². The molecule has 1 N–H and O–H groups in total. The molecule has 0 radical (unpaired) electrons. The molecule has 1 fully saturated rings. The number of nitrogens with zero attached hydrogens (tertiary/aromatic N) is 4. The van der Waals surface area contributed by atoms with Crippen molar-refractivity contribution >= 4 is 28.1 Å². The zero-order valence-electron chi connectivity index (χ0n) is 12.4. The average Bonchev–Trinajstić information content (AvgIpc) is 2.95. The van der Waals surface area contributed by atoms with E-state index in [1.807, 2.05) is 24.3 Å². The van der Waals surface area contributed by atoms with E-state index in [0.717, 1.165) is 34.1 Å². The molecule has 0 aliphatic carbocycles. The number of benzene rings is 1. The maximum atomic E-state index is 12.3. The third-order valence-corrected chi connectivity index (χ3v) is 4.22. The van der Waals surface area contributed by atoms with Crippen LogP contribution in [0.4, 0.5) is 0 Å². The molecule has 7 nitrogen and oxygen atoms in total. The lowest BCUT2D eigenvalue weighted by molar-refractivity contribution is 0.0717. The van der Waals surface area contributed by atoms with Gasteiger partial charge in [0.25, 0.3) is 5.91 Å². The Kier molecular flexibility index (Phi) is 4.71. The molecule has 1 aliphatic heterocycles. The molecular weight excluding hydrogens is 362 g/mol. The van der Waals surface area contributed by atoms with Crippen LogP contribution in [0.1, 0.15) is 35.3 Å². The van der Waals surface area contributed by atoms with Crippen LogP contribution in [0.3, 0.4) is 0 Å². The van der Waals surface area contributed by atoms with Crippen molar-refractivity contribution in [3.63, 3.8) is 0 Å². The van der Waals surface area contributed by atoms with Gasteiger partial charge in [0.1, 0.15) is 0 Å². The maximum Gasteiger partial charge on any atom is 0.320 e. The van der Waals surface area contributed by atoms with Crippen LogP contribution < -0.4 is 5.56 Å². The average molecular weight is 378 g/mol. The molecule has 2 aromatic rings. The molecule has 8 heteroatoms. The van der Waals surface area contributed by atoms with Gasteiger partial charge in [-0.1, -0.05) is 28.1 Å². The highest BCUT2D eigenvalue weighted by molar-refractivity contribution is 9.10. The zero-order valence-corrected chi connectivity index (χ0v) is 14.0. The lowest BCUT2D eigenvalue weighted by Gasteiger charge is -2.25. The fraction of sp³-hybridized carbons (Fsp3) is 0.333. The molecule has 0 saturated carbocycles. The highest BCUT2D eigenvalue weighted by Gasteiger charge is 2.24. The van der Waals surface area contributed by atoms with Crippen LogP contribution in [0.2, 0.25) is 0 Å². The molecule has 3 rings (SSSR count). The fourth-order valence-corrected chi connectivity index (χ4v) is 2.69. The highest BCUT2D eigenvalue weighted by atomic mass is 79.9. The van der Waals surface area contributed by atoms with Gasteiger partial charge in [-0.2, -0.15) is 10.3 Å². The van der Waals surface area contributed by atoms with Crippen molar-refractivity contribution in [2.45, 2.75) is 19.3 Å². The van der Waals surface area contributed by atoms with Crippen LogP contribution in [-0.2, 0) is 0 Å². The quantitative estimate of drug-likeness (QED) is 0.828. The van der Waals surface area contributed by atoms with E-state index in [1.165, 1.54) is 6.21 Å². The van der Waals surface area contributed by atoms with Crippen LogP contribution in [0, 0.1) is 0 Å². The van der Waals surface area contributed by atoms with Crippen molar-refractivity contribution in [2.24, 2.45) is 5.10 Å². The second kappa shape index (κ2) is 6.91. The number of H-pyrrole nitrogens is 1. The maximum absolute atomic E-state index is 12.3. The molecule has 0 unspecified atom stereocenters. The largest absolute Gasteiger partial charge is 0.337 e. The van der Waals surface area contributed by atoms with Crippen LogP contribution in [0.15, 0.2) is 38.6 Å². The number of amides is 1. The van der Waals surface area contributed by atoms with Crippen LogP contribution in [-0.4, -0.2) is 45.2 Å². The Morgan fingerprint density at radius 2 is 1.91 bits per heavy atom. The number of halogens is 1. The number of likely N-dealkylation sites (tertiary alicyclic amines) is 1. The van der Waals surface area contributed by atoms with Crippen molar-refractivity contribution in [2.75, 3.05) is 13.1 Å². The summed E-state index contributed by atoms with van der Waals surface area (Å²) < 4.78 is 0.961. The Bertz CT molecular complexity index is 772. The molecule has 23 heavy (non-hydrogen) atoms. The van der Waals surface area contributed by atoms with E-state index < -0.39 is 5.56 Å². The van der Waals surface area contributed by atoms with Crippen LogP contribution in [0.5, 0.6) is 0 Å². The zero-order chi connectivity index (χ0) is 16.2. The third-order valence-electron chi connectivity index (χ3n) is 3.69. The van der Waals surface area contributed by atoms with Crippen LogP contribution in [0.25, 0.3) is 0 Å². The molecule has 2 heterocycles. The number of carbonyl (C=O) groups is 1. The van der Waals surface area contributed by atoms with Gasteiger partial charge >= 0.3 is 5.56 Å². The van der Waals surface area contributed by atoms with Gasteiger partial charge in [-0.15, -0.1) is 9.89 Å². The van der Waals surface area contributed by atoms with Crippen molar-refractivity contribution in [1.82, 2.24) is 20.0 Å². The number of nitrogens with one attached hydrogen (secondary N) is 1. The number of aromatic amines is 1. The number of aromatic nitrogens is 3. The smallest absolute Gasteiger partial charge is 0.320 e.